The molecule has 1 aromatic rings. The molecular weight excluding hydrogens is 410 g/mol. The Morgan fingerprint density at radius 1 is 1.45 bits per heavy atom. The van der Waals surface area contributed by atoms with Gasteiger partial charge in [0.15, 0.2) is 0 Å². The monoisotopic (exact) mass is 439 g/mol. The van der Waals surface area contributed by atoms with Crippen LogP contribution in [-0.4, -0.2) is 52.5 Å². The average Bonchev–Trinajstić information content (AvgIpc) is 2.71. The van der Waals surface area contributed by atoms with E-state index in [1.165, 1.54) is 0 Å². The smallest absolute Gasteiger partial charge is 0.226 e. The maximum atomic E-state index is 9.41. The van der Waals surface area contributed by atoms with Crippen LogP contribution >= 0.6 is 23.4 Å². The third-order valence-electron chi connectivity index (χ3n) is 4.79. The number of aliphatic hydroxyl groups is 1. The number of allylic oxidation sites excluding steroid dienone is 1. The Kier molecular flexibility index (Phi) is 9.93. The zero-order valence-electron chi connectivity index (χ0n) is 16.8. The van der Waals surface area contributed by atoms with Crippen LogP contribution in [0.4, 0.5) is 11.8 Å². The highest BCUT2D eigenvalue weighted by molar-refractivity contribution is 8.17. The first kappa shape index (κ1) is 23.7. The van der Waals surface area contributed by atoms with Crippen LogP contribution in [0.3, 0.4) is 0 Å². The zero-order valence-corrected chi connectivity index (χ0v) is 18.4. The lowest BCUT2D eigenvalue weighted by molar-refractivity contribution is 0.0903. The van der Waals surface area contributed by atoms with Crippen molar-refractivity contribution in [1.82, 2.24) is 9.97 Å². The summed E-state index contributed by atoms with van der Waals surface area (Å²) in [4.78, 5) is 9.62. The molecule has 9 heteroatoms. The summed E-state index contributed by atoms with van der Waals surface area (Å²) >= 11 is 7.63. The molecule has 1 aromatic heterocycles. The number of hydrogen-bond acceptors (Lipinski definition) is 8. The van der Waals surface area contributed by atoms with Crippen molar-refractivity contribution < 1.29 is 9.84 Å². The molecule has 0 amide bonds. The molecule has 1 aliphatic heterocycles. The van der Waals surface area contributed by atoms with E-state index < -0.39 is 0 Å². The van der Waals surface area contributed by atoms with Crippen molar-refractivity contribution in [2.75, 3.05) is 37.0 Å². The van der Waals surface area contributed by atoms with Crippen LogP contribution in [0.5, 0.6) is 0 Å². The Labute approximate surface area is 181 Å². The van der Waals surface area contributed by atoms with Crippen LogP contribution in [0.25, 0.3) is 0 Å². The molecule has 29 heavy (non-hydrogen) atoms. The molecule has 1 atom stereocenters. The van der Waals surface area contributed by atoms with Crippen LogP contribution < -0.4 is 10.6 Å². The summed E-state index contributed by atoms with van der Waals surface area (Å²) in [6.45, 7) is 11.8. The predicted molar refractivity (Wildman–Crippen MR) is 122 cm³/mol. The van der Waals surface area contributed by atoms with Crippen molar-refractivity contribution in [3.05, 3.63) is 34.9 Å². The number of aliphatic hydroxyl groups excluding tert-OH is 1. The van der Waals surface area contributed by atoms with Gasteiger partial charge < -0.3 is 20.5 Å². The van der Waals surface area contributed by atoms with Crippen LogP contribution in [0.15, 0.2) is 24.1 Å². The van der Waals surface area contributed by atoms with Crippen molar-refractivity contribution in [3.63, 3.8) is 0 Å². The van der Waals surface area contributed by atoms with Gasteiger partial charge in [-0.2, -0.15) is 4.98 Å². The van der Waals surface area contributed by atoms with Crippen molar-refractivity contribution in [3.8, 4) is 0 Å². The molecule has 0 saturated carbocycles. The molecule has 1 fully saturated rings. The lowest BCUT2D eigenvalue weighted by Gasteiger charge is -2.24. The fourth-order valence-electron chi connectivity index (χ4n) is 2.89. The lowest BCUT2D eigenvalue weighted by Crippen LogP contribution is -2.29. The van der Waals surface area contributed by atoms with E-state index in [0.29, 0.717) is 42.0 Å². The summed E-state index contributed by atoms with van der Waals surface area (Å²) in [5.74, 6) is 1.15. The number of halogens is 1. The fraction of sp³-hybridized carbons (Fsp3) is 0.550. The number of thioether (sulfide) groups is 1. The van der Waals surface area contributed by atoms with Crippen molar-refractivity contribution in [2.45, 2.75) is 38.6 Å². The Bertz CT molecular complexity index is 721. The maximum absolute atomic E-state index is 9.41. The standard InChI is InChI=1S/C20H30ClN5O2S/c1-4-13(3)29-18(22)16-17(21)25-20(24-15-7-10-28-11-8-15)26-19(16)23-9-6-14(5-2)12-27/h4,14-15,22,27H,1,3,5-12H2,2H3,(H2,23,24,25,26). The van der Waals surface area contributed by atoms with E-state index >= 15 is 0 Å². The molecule has 0 aromatic carbocycles. The molecule has 160 valence electrons. The van der Waals surface area contributed by atoms with E-state index in [9.17, 15) is 5.11 Å². The van der Waals surface area contributed by atoms with E-state index in [1.807, 2.05) is 0 Å². The second-order valence-electron chi connectivity index (χ2n) is 6.87. The zero-order chi connectivity index (χ0) is 21.2. The normalized spacial score (nSPS) is 15.6. The second-order valence-corrected chi connectivity index (χ2v) is 8.36. The quantitative estimate of drug-likeness (QED) is 0.176. The van der Waals surface area contributed by atoms with Crippen LogP contribution in [0.1, 0.15) is 38.2 Å². The molecule has 4 N–H and O–H groups in total. The SMILES string of the molecule is C=CC(=C)SC(=N)c1c(Cl)nc(NC2CCOCC2)nc1NCCC(CC)CO. The molecule has 0 bridgehead atoms. The van der Waals surface area contributed by atoms with E-state index in [0.717, 1.165) is 37.4 Å². The second kappa shape index (κ2) is 12.2. The van der Waals surface area contributed by atoms with Crippen molar-refractivity contribution >= 4 is 40.2 Å². The van der Waals surface area contributed by atoms with Crippen LogP contribution in [-0.2, 0) is 4.74 Å². The van der Waals surface area contributed by atoms with Crippen molar-refractivity contribution in [2.24, 2.45) is 5.92 Å². The molecule has 0 spiro atoms. The van der Waals surface area contributed by atoms with E-state index in [1.54, 1.807) is 6.08 Å². The lowest BCUT2D eigenvalue weighted by atomic mass is 10.0. The number of ether oxygens (including phenoxy) is 1. The molecule has 0 radical (unpaired) electrons. The van der Waals surface area contributed by atoms with Gasteiger partial charge in [-0.05, 0) is 25.2 Å². The summed E-state index contributed by atoms with van der Waals surface area (Å²) in [5.41, 5.74) is 0.439. The van der Waals surface area contributed by atoms with Gasteiger partial charge >= 0.3 is 0 Å². The molecule has 1 saturated heterocycles. The molecular formula is C20H30ClN5O2S. The largest absolute Gasteiger partial charge is 0.396 e. The Balaban J connectivity index is 2.23. The predicted octanol–water partition coefficient (Wildman–Crippen LogP) is 4.30. The molecule has 0 aliphatic carbocycles. The minimum atomic E-state index is 0.150. The third kappa shape index (κ3) is 7.29. The van der Waals surface area contributed by atoms with Gasteiger partial charge in [-0.1, -0.05) is 55.9 Å². The molecule has 1 unspecified atom stereocenters. The molecule has 7 nitrogen and oxygen atoms in total. The first-order chi connectivity index (χ1) is 14.0. The fourth-order valence-corrected chi connectivity index (χ4v) is 3.86. The maximum Gasteiger partial charge on any atom is 0.226 e. The first-order valence-electron chi connectivity index (χ1n) is 9.83. The van der Waals surface area contributed by atoms with Gasteiger partial charge in [-0.25, -0.2) is 4.98 Å². The van der Waals surface area contributed by atoms with Crippen LogP contribution in [0, 0.1) is 11.3 Å². The number of hydrogen-bond donors (Lipinski definition) is 4. The highest BCUT2D eigenvalue weighted by Gasteiger charge is 2.21. The molecule has 2 heterocycles. The average molecular weight is 440 g/mol. The van der Waals surface area contributed by atoms with E-state index in [4.69, 9.17) is 21.7 Å². The van der Waals surface area contributed by atoms with E-state index in [2.05, 4.69) is 40.7 Å². The Hall–Kier alpha value is -1.61. The van der Waals surface area contributed by atoms with Crippen LogP contribution in [0.2, 0.25) is 5.15 Å². The Morgan fingerprint density at radius 3 is 2.79 bits per heavy atom. The minimum Gasteiger partial charge on any atom is -0.396 e. The summed E-state index contributed by atoms with van der Waals surface area (Å²) in [6, 6.07) is 0.228. The molecule has 1 aliphatic rings. The minimum absolute atomic E-state index is 0.150. The van der Waals surface area contributed by atoms with Gasteiger partial charge in [0.25, 0.3) is 0 Å². The summed E-state index contributed by atoms with van der Waals surface area (Å²) in [5, 5.41) is 24.9. The summed E-state index contributed by atoms with van der Waals surface area (Å²) in [7, 11) is 0. The van der Waals surface area contributed by atoms with Gasteiger partial charge in [0.2, 0.25) is 5.95 Å². The van der Waals surface area contributed by atoms with Gasteiger partial charge in [0.1, 0.15) is 16.0 Å². The van der Waals surface area contributed by atoms with Gasteiger partial charge in [-0.3, -0.25) is 5.41 Å². The number of aromatic nitrogens is 2. The Morgan fingerprint density at radius 2 is 2.17 bits per heavy atom. The summed E-state index contributed by atoms with van der Waals surface area (Å²) < 4.78 is 5.39. The number of anilines is 2. The topological polar surface area (TPSA) is 103 Å². The van der Waals surface area contributed by atoms with Gasteiger partial charge in [-0.15, -0.1) is 0 Å². The van der Waals surface area contributed by atoms with Crippen molar-refractivity contribution in [1.29, 1.82) is 5.41 Å². The van der Waals surface area contributed by atoms with E-state index in [-0.39, 0.29) is 28.8 Å². The van der Waals surface area contributed by atoms with Gasteiger partial charge in [0, 0.05) is 37.3 Å². The highest BCUT2D eigenvalue weighted by atomic mass is 35.5. The number of nitrogens with zero attached hydrogens (tertiary/aromatic N) is 2. The highest BCUT2D eigenvalue weighted by Crippen LogP contribution is 2.30. The molecule has 2 rings (SSSR count). The number of nitrogens with one attached hydrogen (secondary N) is 3. The van der Waals surface area contributed by atoms with Gasteiger partial charge in [0.05, 0.1) is 5.56 Å². The number of rotatable bonds is 11. The first-order valence-corrected chi connectivity index (χ1v) is 11.0. The third-order valence-corrected chi connectivity index (χ3v) is 5.90. The summed E-state index contributed by atoms with van der Waals surface area (Å²) in [6.07, 6.45) is 5.04.